The van der Waals surface area contributed by atoms with Gasteiger partial charge >= 0.3 is 0 Å². The molecule has 16 heavy (non-hydrogen) atoms. The maximum atomic E-state index is 9.84. The molecule has 0 spiro atoms. The molecule has 1 aromatic heterocycles. The highest BCUT2D eigenvalue weighted by Gasteiger charge is 2.12. The molecule has 0 saturated heterocycles. The van der Waals surface area contributed by atoms with Gasteiger partial charge in [0.25, 0.3) is 0 Å². The van der Waals surface area contributed by atoms with Gasteiger partial charge in [0.15, 0.2) is 0 Å². The van der Waals surface area contributed by atoms with Crippen LogP contribution in [0.4, 0.5) is 0 Å². The summed E-state index contributed by atoms with van der Waals surface area (Å²) in [5.41, 5.74) is 7.24. The number of nitrogens with zero attached hydrogens (tertiary/aromatic N) is 2. The smallest absolute Gasteiger partial charge is 0.110 e. The second-order valence-electron chi connectivity index (χ2n) is 3.65. The summed E-state index contributed by atoms with van der Waals surface area (Å²) >= 11 is 0. The van der Waals surface area contributed by atoms with Crippen molar-refractivity contribution in [2.24, 2.45) is 5.73 Å². The highest BCUT2D eigenvalue weighted by molar-refractivity contribution is 5.43. The largest absolute Gasteiger partial charge is 0.387 e. The standard InChI is InChI=1S/C12H15N3O/c1-9-14-6-7-15(9)11-5-3-2-4-10(11)12(16)8-13/h2-7,12,16H,8,13H2,1H3. The van der Waals surface area contributed by atoms with Crippen LogP contribution in [0, 0.1) is 6.92 Å². The lowest BCUT2D eigenvalue weighted by Gasteiger charge is -2.15. The highest BCUT2D eigenvalue weighted by Crippen LogP contribution is 2.21. The molecule has 0 aliphatic carbocycles. The first-order valence-electron chi connectivity index (χ1n) is 5.21. The number of para-hydroxylation sites is 1. The van der Waals surface area contributed by atoms with Gasteiger partial charge in [0.1, 0.15) is 5.82 Å². The Hall–Kier alpha value is -1.65. The van der Waals surface area contributed by atoms with E-state index in [2.05, 4.69) is 4.98 Å². The van der Waals surface area contributed by atoms with Crippen LogP contribution in [0.2, 0.25) is 0 Å². The monoisotopic (exact) mass is 217 g/mol. The molecule has 1 atom stereocenters. The number of aliphatic hydroxyl groups is 1. The number of hydrogen-bond acceptors (Lipinski definition) is 3. The average Bonchev–Trinajstić information content (AvgIpc) is 2.74. The molecule has 0 bridgehead atoms. The van der Waals surface area contributed by atoms with Crippen molar-refractivity contribution < 1.29 is 5.11 Å². The fourth-order valence-corrected chi connectivity index (χ4v) is 1.75. The summed E-state index contributed by atoms with van der Waals surface area (Å²) < 4.78 is 1.94. The van der Waals surface area contributed by atoms with E-state index in [0.29, 0.717) is 0 Å². The Bertz CT molecular complexity index is 479. The first kappa shape index (κ1) is 10.9. The molecular formula is C12H15N3O. The molecule has 2 rings (SSSR count). The number of hydrogen-bond donors (Lipinski definition) is 2. The Balaban J connectivity index is 2.53. The van der Waals surface area contributed by atoms with E-state index in [1.807, 2.05) is 42.0 Å². The molecule has 84 valence electrons. The molecule has 3 N–H and O–H groups in total. The van der Waals surface area contributed by atoms with Crippen LogP contribution in [0.15, 0.2) is 36.7 Å². The van der Waals surface area contributed by atoms with E-state index in [0.717, 1.165) is 17.1 Å². The quantitative estimate of drug-likeness (QED) is 0.811. The number of aromatic nitrogens is 2. The first-order chi connectivity index (χ1) is 7.74. The summed E-state index contributed by atoms with van der Waals surface area (Å²) in [7, 11) is 0. The Morgan fingerprint density at radius 3 is 2.81 bits per heavy atom. The minimum absolute atomic E-state index is 0.213. The van der Waals surface area contributed by atoms with Gasteiger partial charge in [0.05, 0.1) is 11.8 Å². The maximum absolute atomic E-state index is 9.84. The lowest BCUT2D eigenvalue weighted by molar-refractivity contribution is 0.186. The van der Waals surface area contributed by atoms with Crippen LogP contribution >= 0.6 is 0 Å². The predicted octanol–water partition coefficient (Wildman–Crippen LogP) is 1.17. The van der Waals surface area contributed by atoms with Crippen molar-refractivity contribution in [1.29, 1.82) is 0 Å². The maximum Gasteiger partial charge on any atom is 0.110 e. The first-order valence-corrected chi connectivity index (χ1v) is 5.21. The minimum atomic E-state index is -0.641. The van der Waals surface area contributed by atoms with Gasteiger partial charge in [-0.15, -0.1) is 0 Å². The third-order valence-corrected chi connectivity index (χ3v) is 2.60. The van der Waals surface area contributed by atoms with Crippen molar-refractivity contribution in [1.82, 2.24) is 9.55 Å². The summed E-state index contributed by atoms with van der Waals surface area (Å²) in [6.45, 7) is 2.14. The fourth-order valence-electron chi connectivity index (χ4n) is 1.75. The molecule has 4 heteroatoms. The van der Waals surface area contributed by atoms with E-state index in [9.17, 15) is 5.11 Å². The summed E-state index contributed by atoms with van der Waals surface area (Å²) in [6.07, 6.45) is 2.97. The van der Waals surface area contributed by atoms with Crippen LogP contribution in [0.1, 0.15) is 17.5 Å². The molecule has 1 aromatic carbocycles. The lowest BCUT2D eigenvalue weighted by Crippen LogP contribution is -2.14. The van der Waals surface area contributed by atoms with E-state index in [1.165, 1.54) is 0 Å². The molecule has 0 amide bonds. The van der Waals surface area contributed by atoms with E-state index < -0.39 is 6.10 Å². The van der Waals surface area contributed by atoms with Crippen LogP contribution in [0.5, 0.6) is 0 Å². The number of rotatable bonds is 3. The zero-order chi connectivity index (χ0) is 11.5. The zero-order valence-electron chi connectivity index (χ0n) is 9.17. The van der Waals surface area contributed by atoms with Crippen molar-refractivity contribution in [2.75, 3.05) is 6.54 Å². The van der Waals surface area contributed by atoms with Gasteiger partial charge in [-0.2, -0.15) is 0 Å². The van der Waals surface area contributed by atoms with E-state index >= 15 is 0 Å². The normalized spacial score (nSPS) is 12.7. The predicted molar refractivity (Wildman–Crippen MR) is 62.3 cm³/mol. The van der Waals surface area contributed by atoms with E-state index in [-0.39, 0.29) is 6.54 Å². The van der Waals surface area contributed by atoms with E-state index in [1.54, 1.807) is 6.20 Å². The molecule has 0 saturated carbocycles. The number of benzene rings is 1. The number of aliphatic hydroxyl groups excluding tert-OH is 1. The second-order valence-corrected chi connectivity index (χ2v) is 3.65. The third-order valence-electron chi connectivity index (χ3n) is 2.60. The zero-order valence-corrected chi connectivity index (χ0v) is 9.17. The molecule has 4 nitrogen and oxygen atoms in total. The summed E-state index contributed by atoms with van der Waals surface area (Å²) in [4.78, 5) is 4.17. The minimum Gasteiger partial charge on any atom is -0.387 e. The van der Waals surface area contributed by atoms with E-state index in [4.69, 9.17) is 5.73 Å². The molecule has 0 fully saturated rings. The van der Waals surface area contributed by atoms with Crippen LogP contribution in [0.3, 0.4) is 0 Å². The van der Waals surface area contributed by atoms with Crippen LogP contribution in [-0.2, 0) is 0 Å². The number of nitrogens with two attached hydrogens (primary N) is 1. The van der Waals surface area contributed by atoms with Crippen molar-refractivity contribution >= 4 is 0 Å². The van der Waals surface area contributed by atoms with Gasteiger partial charge in [-0.05, 0) is 13.0 Å². The second kappa shape index (κ2) is 4.47. The van der Waals surface area contributed by atoms with Gasteiger partial charge in [0, 0.05) is 24.5 Å². The Labute approximate surface area is 94.4 Å². The van der Waals surface area contributed by atoms with Crippen LogP contribution in [-0.4, -0.2) is 21.2 Å². The number of aryl methyl sites for hydroxylation is 1. The van der Waals surface area contributed by atoms with Gasteiger partial charge in [-0.25, -0.2) is 4.98 Å². The third kappa shape index (κ3) is 1.85. The van der Waals surface area contributed by atoms with Crippen molar-refractivity contribution in [3.63, 3.8) is 0 Å². The Morgan fingerprint density at radius 2 is 2.19 bits per heavy atom. The summed E-state index contributed by atoms with van der Waals surface area (Å²) in [5.74, 6) is 0.886. The van der Waals surface area contributed by atoms with Crippen molar-refractivity contribution in [2.45, 2.75) is 13.0 Å². The topological polar surface area (TPSA) is 64.1 Å². The molecule has 2 aromatic rings. The van der Waals surface area contributed by atoms with Gasteiger partial charge < -0.3 is 15.4 Å². The average molecular weight is 217 g/mol. The molecular weight excluding hydrogens is 202 g/mol. The van der Waals surface area contributed by atoms with Crippen molar-refractivity contribution in [3.05, 3.63) is 48.0 Å². The van der Waals surface area contributed by atoms with Gasteiger partial charge in [0.2, 0.25) is 0 Å². The fraction of sp³-hybridized carbons (Fsp3) is 0.250. The summed E-state index contributed by atoms with van der Waals surface area (Å²) in [6, 6.07) is 7.65. The summed E-state index contributed by atoms with van der Waals surface area (Å²) in [5, 5.41) is 9.84. The van der Waals surface area contributed by atoms with Gasteiger partial charge in [-0.1, -0.05) is 18.2 Å². The molecule has 0 aliphatic heterocycles. The Morgan fingerprint density at radius 1 is 1.44 bits per heavy atom. The van der Waals surface area contributed by atoms with Crippen LogP contribution in [0.25, 0.3) is 5.69 Å². The van der Waals surface area contributed by atoms with Gasteiger partial charge in [-0.3, -0.25) is 0 Å². The Kier molecular flexibility index (Phi) is 3.03. The molecule has 1 unspecified atom stereocenters. The molecule has 0 radical (unpaired) electrons. The van der Waals surface area contributed by atoms with Crippen LogP contribution < -0.4 is 5.73 Å². The number of imidazole rings is 1. The van der Waals surface area contributed by atoms with Crippen molar-refractivity contribution in [3.8, 4) is 5.69 Å². The molecule has 1 heterocycles. The SMILES string of the molecule is Cc1nccn1-c1ccccc1C(O)CN. The highest BCUT2D eigenvalue weighted by atomic mass is 16.3. The lowest BCUT2D eigenvalue weighted by atomic mass is 10.1. The molecule has 0 aliphatic rings.